The third kappa shape index (κ3) is 4.09. The molecule has 3 heteroatoms. The van der Waals surface area contributed by atoms with Crippen LogP contribution in [-0.4, -0.2) is 61.7 Å². The standard InChI is InChI=1S/C14H27N3/c1-2-7-15-8-9-16-10-12-17(13-11-16)14-5-3-4-6-14/h2,14-15H,1,3-13H2. The zero-order chi connectivity index (χ0) is 11.9. The molecule has 2 fully saturated rings. The second kappa shape index (κ2) is 7.14. The lowest BCUT2D eigenvalue weighted by molar-refractivity contribution is 0.0986. The Kier molecular flexibility index (Phi) is 5.49. The fourth-order valence-electron chi connectivity index (χ4n) is 3.06. The molecular weight excluding hydrogens is 210 g/mol. The molecule has 98 valence electrons. The van der Waals surface area contributed by atoms with Gasteiger partial charge in [0, 0.05) is 51.9 Å². The van der Waals surface area contributed by atoms with Crippen LogP contribution < -0.4 is 5.32 Å². The van der Waals surface area contributed by atoms with Gasteiger partial charge in [-0.3, -0.25) is 9.80 Å². The number of piperazine rings is 1. The van der Waals surface area contributed by atoms with E-state index in [0.717, 1.165) is 19.1 Å². The summed E-state index contributed by atoms with van der Waals surface area (Å²) in [6, 6.07) is 0.913. The van der Waals surface area contributed by atoms with Crippen LogP contribution in [0.1, 0.15) is 25.7 Å². The van der Waals surface area contributed by atoms with Crippen molar-refractivity contribution in [3.63, 3.8) is 0 Å². The van der Waals surface area contributed by atoms with Gasteiger partial charge in [-0.25, -0.2) is 0 Å². The summed E-state index contributed by atoms with van der Waals surface area (Å²) < 4.78 is 0. The van der Waals surface area contributed by atoms with Crippen LogP contribution in [0.15, 0.2) is 12.7 Å². The molecule has 0 radical (unpaired) electrons. The highest BCUT2D eigenvalue weighted by molar-refractivity contribution is 4.82. The Bertz CT molecular complexity index is 216. The highest BCUT2D eigenvalue weighted by Gasteiger charge is 2.25. The van der Waals surface area contributed by atoms with Crippen molar-refractivity contribution in [1.29, 1.82) is 0 Å². The number of hydrogen-bond donors (Lipinski definition) is 1. The molecule has 0 bridgehead atoms. The van der Waals surface area contributed by atoms with Crippen LogP contribution >= 0.6 is 0 Å². The molecule has 2 rings (SSSR count). The van der Waals surface area contributed by atoms with Gasteiger partial charge in [0.25, 0.3) is 0 Å². The highest BCUT2D eigenvalue weighted by atomic mass is 15.3. The van der Waals surface area contributed by atoms with E-state index < -0.39 is 0 Å². The second-order valence-corrected chi connectivity index (χ2v) is 5.31. The van der Waals surface area contributed by atoms with Gasteiger partial charge in [0.2, 0.25) is 0 Å². The van der Waals surface area contributed by atoms with Crippen molar-refractivity contribution in [2.24, 2.45) is 0 Å². The molecular formula is C14H27N3. The van der Waals surface area contributed by atoms with Crippen molar-refractivity contribution >= 4 is 0 Å². The zero-order valence-electron chi connectivity index (χ0n) is 11.0. The van der Waals surface area contributed by atoms with Gasteiger partial charge in [-0.2, -0.15) is 0 Å². The quantitative estimate of drug-likeness (QED) is 0.555. The molecule has 0 aromatic rings. The van der Waals surface area contributed by atoms with Crippen LogP contribution in [-0.2, 0) is 0 Å². The molecule has 2 aliphatic rings. The number of hydrogen-bond acceptors (Lipinski definition) is 3. The van der Waals surface area contributed by atoms with Crippen LogP contribution in [0.3, 0.4) is 0 Å². The minimum Gasteiger partial charge on any atom is -0.312 e. The maximum absolute atomic E-state index is 3.72. The molecule has 0 spiro atoms. The van der Waals surface area contributed by atoms with E-state index in [4.69, 9.17) is 0 Å². The van der Waals surface area contributed by atoms with Gasteiger partial charge in [0.1, 0.15) is 0 Å². The maximum Gasteiger partial charge on any atom is 0.0132 e. The maximum atomic E-state index is 3.72. The SMILES string of the molecule is C=CCNCCN1CCN(C2CCCC2)CC1. The van der Waals surface area contributed by atoms with Gasteiger partial charge in [-0.1, -0.05) is 18.9 Å². The molecule has 0 amide bonds. The molecule has 1 saturated heterocycles. The Labute approximate surface area is 106 Å². The summed E-state index contributed by atoms with van der Waals surface area (Å²) in [5, 5.41) is 3.38. The summed E-state index contributed by atoms with van der Waals surface area (Å²) in [6.45, 7) is 12.0. The molecule has 0 atom stereocenters. The van der Waals surface area contributed by atoms with Crippen LogP contribution in [0.5, 0.6) is 0 Å². The Morgan fingerprint density at radius 1 is 1.12 bits per heavy atom. The number of nitrogens with one attached hydrogen (secondary N) is 1. The molecule has 17 heavy (non-hydrogen) atoms. The molecule has 3 nitrogen and oxygen atoms in total. The second-order valence-electron chi connectivity index (χ2n) is 5.31. The molecule has 0 aromatic heterocycles. The van der Waals surface area contributed by atoms with Gasteiger partial charge in [-0.15, -0.1) is 6.58 Å². The van der Waals surface area contributed by atoms with Crippen LogP contribution in [0.25, 0.3) is 0 Å². The average molecular weight is 237 g/mol. The Morgan fingerprint density at radius 3 is 2.47 bits per heavy atom. The third-order valence-corrected chi connectivity index (χ3v) is 4.14. The Morgan fingerprint density at radius 2 is 1.82 bits per heavy atom. The lowest BCUT2D eigenvalue weighted by Gasteiger charge is -2.38. The van der Waals surface area contributed by atoms with Gasteiger partial charge >= 0.3 is 0 Å². The summed E-state index contributed by atoms with van der Waals surface area (Å²) in [4.78, 5) is 5.31. The Hall–Kier alpha value is -0.380. The van der Waals surface area contributed by atoms with E-state index in [2.05, 4.69) is 21.7 Å². The fourth-order valence-corrected chi connectivity index (χ4v) is 3.06. The molecule has 1 heterocycles. The number of rotatable bonds is 6. The first kappa shape index (κ1) is 13.1. The lowest BCUT2D eigenvalue weighted by atomic mass is 10.2. The zero-order valence-corrected chi connectivity index (χ0v) is 11.0. The molecule has 0 unspecified atom stereocenters. The first-order valence-electron chi connectivity index (χ1n) is 7.18. The first-order chi connectivity index (χ1) is 8.40. The van der Waals surface area contributed by atoms with Gasteiger partial charge < -0.3 is 5.32 Å². The fraction of sp³-hybridized carbons (Fsp3) is 0.857. The van der Waals surface area contributed by atoms with Crippen molar-refractivity contribution in [2.45, 2.75) is 31.7 Å². The van der Waals surface area contributed by atoms with Crippen LogP contribution in [0.4, 0.5) is 0 Å². The average Bonchev–Trinajstić information content (AvgIpc) is 2.89. The lowest BCUT2D eigenvalue weighted by Crippen LogP contribution is -2.50. The van der Waals surface area contributed by atoms with E-state index in [0.29, 0.717) is 0 Å². The normalized spacial score (nSPS) is 24.2. The van der Waals surface area contributed by atoms with Crippen molar-refractivity contribution in [2.75, 3.05) is 45.8 Å². The van der Waals surface area contributed by atoms with Gasteiger partial charge in [0.05, 0.1) is 0 Å². The smallest absolute Gasteiger partial charge is 0.0132 e. The van der Waals surface area contributed by atoms with Gasteiger partial charge in [0.15, 0.2) is 0 Å². The van der Waals surface area contributed by atoms with E-state index in [1.165, 1.54) is 58.4 Å². The van der Waals surface area contributed by atoms with Crippen molar-refractivity contribution in [1.82, 2.24) is 15.1 Å². The molecule has 0 aromatic carbocycles. The van der Waals surface area contributed by atoms with Crippen molar-refractivity contribution < 1.29 is 0 Å². The summed E-state index contributed by atoms with van der Waals surface area (Å²) in [7, 11) is 0. The minimum atomic E-state index is 0.913. The Balaban J connectivity index is 1.58. The highest BCUT2D eigenvalue weighted by Crippen LogP contribution is 2.24. The summed E-state index contributed by atoms with van der Waals surface area (Å²) in [6.07, 6.45) is 7.73. The molecule has 1 saturated carbocycles. The monoisotopic (exact) mass is 237 g/mol. The summed E-state index contributed by atoms with van der Waals surface area (Å²) in [5.74, 6) is 0. The van der Waals surface area contributed by atoms with Crippen LogP contribution in [0, 0.1) is 0 Å². The van der Waals surface area contributed by atoms with E-state index in [-0.39, 0.29) is 0 Å². The third-order valence-electron chi connectivity index (χ3n) is 4.14. The van der Waals surface area contributed by atoms with Crippen LogP contribution in [0.2, 0.25) is 0 Å². The predicted octanol–water partition coefficient (Wildman–Crippen LogP) is 1.32. The van der Waals surface area contributed by atoms with E-state index in [1.54, 1.807) is 0 Å². The first-order valence-corrected chi connectivity index (χ1v) is 7.18. The number of nitrogens with zero attached hydrogens (tertiary/aromatic N) is 2. The molecule has 1 N–H and O–H groups in total. The molecule has 1 aliphatic carbocycles. The molecule has 1 aliphatic heterocycles. The van der Waals surface area contributed by atoms with E-state index in [9.17, 15) is 0 Å². The van der Waals surface area contributed by atoms with Gasteiger partial charge in [-0.05, 0) is 12.8 Å². The van der Waals surface area contributed by atoms with E-state index >= 15 is 0 Å². The van der Waals surface area contributed by atoms with Crippen molar-refractivity contribution in [3.05, 3.63) is 12.7 Å². The topological polar surface area (TPSA) is 18.5 Å². The summed E-state index contributed by atoms with van der Waals surface area (Å²) in [5.41, 5.74) is 0. The van der Waals surface area contributed by atoms with E-state index in [1.807, 2.05) is 6.08 Å². The minimum absolute atomic E-state index is 0.913. The van der Waals surface area contributed by atoms with Crippen molar-refractivity contribution in [3.8, 4) is 0 Å². The largest absolute Gasteiger partial charge is 0.312 e. The predicted molar refractivity (Wildman–Crippen MR) is 73.3 cm³/mol. The summed E-state index contributed by atoms with van der Waals surface area (Å²) >= 11 is 0.